The lowest BCUT2D eigenvalue weighted by Gasteiger charge is -2.09. The highest BCUT2D eigenvalue weighted by Crippen LogP contribution is 2.26. The second-order valence-corrected chi connectivity index (χ2v) is 5.71. The molecule has 0 heterocycles. The summed E-state index contributed by atoms with van der Waals surface area (Å²) in [6.07, 6.45) is 0. The van der Waals surface area contributed by atoms with Gasteiger partial charge in [0.25, 0.3) is 5.91 Å². The van der Waals surface area contributed by atoms with Crippen molar-refractivity contribution in [1.29, 1.82) is 0 Å². The molecule has 3 N–H and O–H groups in total. The van der Waals surface area contributed by atoms with Crippen LogP contribution in [0.2, 0.25) is 0 Å². The highest BCUT2D eigenvalue weighted by atomic mass is 79.9. The van der Waals surface area contributed by atoms with Crippen molar-refractivity contribution < 1.29 is 13.6 Å². The van der Waals surface area contributed by atoms with E-state index in [-0.39, 0.29) is 4.47 Å². The molecule has 0 spiro atoms. The molecule has 0 radical (unpaired) electrons. The average molecular weight is 406 g/mol. The first-order valence-corrected chi connectivity index (χ1v) is 6.98. The van der Waals surface area contributed by atoms with Gasteiger partial charge in [-0.05, 0) is 46.3 Å². The van der Waals surface area contributed by atoms with Gasteiger partial charge in [-0.3, -0.25) is 4.79 Å². The lowest BCUT2D eigenvalue weighted by molar-refractivity contribution is 0.101. The molecule has 0 saturated carbocycles. The van der Waals surface area contributed by atoms with E-state index < -0.39 is 23.1 Å². The number of nitrogens with two attached hydrogens (primary N) is 1. The molecule has 0 atom stereocenters. The van der Waals surface area contributed by atoms with Crippen LogP contribution < -0.4 is 11.1 Å². The van der Waals surface area contributed by atoms with Crippen LogP contribution in [0.5, 0.6) is 0 Å². The Balaban J connectivity index is 2.33. The average Bonchev–Trinajstić information content (AvgIpc) is 2.31. The third-order valence-corrected chi connectivity index (χ3v) is 3.59. The van der Waals surface area contributed by atoms with E-state index in [1.54, 1.807) is 12.1 Å². The van der Waals surface area contributed by atoms with Gasteiger partial charge in [0, 0.05) is 14.6 Å². The molecule has 0 aliphatic rings. The van der Waals surface area contributed by atoms with E-state index in [1.807, 2.05) is 0 Å². The molecule has 0 aromatic heterocycles. The Morgan fingerprint density at radius 3 is 2.25 bits per heavy atom. The molecule has 0 unspecified atom stereocenters. The largest absolute Gasteiger partial charge is 0.399 e. The van der Waals surface area contributed by atoms with Crippen LogP contribution in [-0.2, 0) is 0 Å². The number of carbonyl (C=O) groups is 1. The summed E-state index contributed by atoms with van der Waals surface area (Å²) in [6, 6.07) is 6.72. The Morgan fingerprint density at radius 1 is 1.10 bits per heavy atom. The monoisotopic (exact) mass is 404 g/mol. The number of hydrogen-bond donors (Lipinski definition) is 2. The number of halogens is 4. The van der Waals surface area contributed by atoms with E-state index in [1.165, 1.54) is 6.07 Å². The van der Waals surface area contributed by atoms with Crippen LogP contribution in [0.15, 0.2) is 39.3 Å². The van der Waals surface area contributed by atoms with E-state index in [0.29, 0.717) is 15.8 Å². The van der Waals surface area contributed by atoms with Crippen molar-refractivity contribution in [2.75, 3.05) is 11.1 Å². The van der Waals surface area contributed by atoms with Crippen LogP contribution in [0.1, 0.15) is 10.4 Å². The van der Waals surface area contributed by atoms with Crippen molar-refractivity contribution in [3.8, 4) is 0 Å². The fourth-order valence-electron chi connectivity index (χ4n) is 1.58. The number of anilines is 2. The molecule has 20 heavy (non-hydrogen) atoms. The van der Waals surface area contributed by atoms with Crippen molar-refractivity contribution in [2.45, 2.75) is 0 Å². The highest BCUT2D eigenvalue weighted by Gasteiger charge is 2.19. The zero-order valence-corrected chi connectivity index (χ0v) is 13.1. The third-order valence-electron chi connectivity index (χ3n) is 2.48. The van der Waals surface area contributed by atoms with Gasteiger partial charge in [-0.2, -0.15) is 0 Å². The molecule has 7 heteroatoms. The van der Waals surface area contributed by atoms with Crippen LogP contribution in [-0.4, -0.2) is 5.91 Å². The lowest BCUT2D eigenvalue weighted by Crippen LogP contribution is -2.16. The first kappa shape index (κ1) is 14.9. The Bertz CT molecular complexity index is 669. The Morgan fingerprint density at radius 2 is 1.70 bits per heavy atom. The minimum Gasteiger partial charge on any atom is -0.399 e. The molecule has 1 amide bonds. The molecule has 2 rings (SSSR count). The standard InChI is InChI=1S/C13H8Br2F2N2O/c14-6-3-9(16)12(10(17)4-6)13(20)19-11-2-1-7(18)5-8(11)15/h1-5H,18H2,(H,19,20). The second-order valence-electron chi connectivity index (χ2n) is 3.94. The van der Waals surface area contributed by atoms with E-state index in [2.05, 4.69) is 37.2 Å². The SMILES string of the molecule is Nc1ccc(NC(=O)c2c(F)cc(Br)cc2F)c(Br)c1. The summed E-state index contributed by atoms with van der Waals surface area (Å²) in [6.45, 7) is 0. The minimum absolute atomic E-state index is 0.220. The first-order valence-electron chi connectivity index (χ1n) is 5.39. The maximum absolute atomic E-state index is 13.7. The van der Waals surface area contributed by atoms with Crippen LogP contribution in [0.3, 0.4) is 0 Å². The van der Waals surface area contributed by atoms with Crippen LogP contribution >= 0.6 is 31.9 Å². The summed E-state index contributed by atoms with van der Waals surface area (Å²) in [7, 11) is 0. The molecule has 0 aliphatic carbocycles. The maximum atomic E-state index is 13.7. The quantitative estimate of drug-likeness (QED) is 0.731. The number of nitrogens with one attached hydrogen (secondary N) is 1. The van der Waals surface area contributed by atoms with Crippen LogP contribution in [0.25, 0.3) is 0 Å². The van der Waals surface area contributed by atoms with E-state index in [9.17, 15) is 13.6 Å². The molecule has 0 aliphatic heterocycles. The molecule has 104 valence electrons. The van der Waals surface area contributed by atoms with E-state index >= 15 is 0 Å². The lowest BCUT2D eigenvalue weighted by atomic mass is 10.1. The predicted octanol–water partition coefficient (Wildman–Crippen LogP) is 4.32. The number of amides is 1. The molecular weight excluding hydrogens is 398 g/mol. The minimum atomic E-state index is -0.944. The smallest absolute Gasteiger partial charge is 0.261 e. The molecule has 0 saturated heterocycles. The Kier molecular flexibility index (Phi) is 4.39. The van der Waals surface area contributed by atoms with Gasteiger partial charge in [-0.25, -0.2) is 8.78 Å². The summed E-state index contributed by atoms with van der Waals surface area (Å²) in [5.41, 5.74) is 5.79. The summed E-state index contributed by atoms with van der Waals surface area (Å²) in [4.78, 5) is 11.9. The highest BCUT2D eigenvalue weighted by molar-refractivity contribution is 9.10. The second kappa shape index (κ2) is 5.88. The van der Waals surface area contributed by atoms with Crippen LogP contribution in [0.4, 0.5) is 20.2 Å². The Labute approximate surface area is 130 Å². The Hall–Kier alpha value is -1.47. The van der Waals surface area contributed by atoms with Crippen molar-refractivity contribution >= 4 is 49.1 Å². The van der Waals surface area contributed by atoms with E-state index in [4.69, 9.17) is 5.73 Å². The van der Waals surface area contributed by atoms with Crippen molar-refractivity contribution in [3.63, 3.8) is 0 Å². The fraction of sp³-hybridized carbons (Fsp3) is 0. The maximum Gasteiger partial charge on any atom is 0.261 e. The molecule has 2 aromatic carbocycles. The van der Waals surface area contributed by atoms with Gasteiger partial charge in [0.1, 0.15) is 17.2 Å². The number of nitrogen functional groups attached to an aromatic ring is 1. The van der Waals surface area contributed by atoms with Gasteiger partial charge in [-0.1, -0.05) is 15.9 Å². The van der Waals surface area contributed by atoms with Crippen molar-refractivity contribution in [2.24, 2.45) is 0 Å². The van der Waals surface area contributed by atoms with Gasteiger partial charge >= 0.3 is 0 Å². The van der Waals surface area contributed by atoms with Gasteiger partial charge in [-0.15, -0.1) is 0 Å². The molecular formula is C13H8Br2F2N2O. The predicted molar refractivity (Wildman–Crippen MR) is 80.6 cm³/mol. The normalized spacial score (nSPS) is 10.4. The van der Waals surface area contributed by atoms with Gasteiger partial charge in [0.2, 0.25) is 0 Å². The summed E-state index contributed by atoms with van der Waals surface area (Å²) >= 11 is 6.16. The van der Waals surface area contributed by atoms with Crippen molar-refractivity contribution in [1.82, 2.24) is 0 Å². The molecule has 2 aromatic rings. The summed E-state index contributed by atoms with van der Waals surface area (Å²) < 4.78 is 28.1. The van der Waals surface area contributed by atoms with Gasteiger partial charge in [0.15, 0.2) is 0 Å². The molecule has 3 nitrogen and oxygen atoms in total. The van der Waals surface area contributed by atoms with Crippen LogP contribution in [0, 0.1) is 11.6 Å². The number of carbonyl (C=O) groups excluding carboxylic acids is 1. The first-order chi connectivity index (χ1) is 9.38. The number of hydrogen-bond acceptors (Lipinski definition) is 2. The number of benzene rings is 2. The van der Waals surface area contributed by atoms with Gasteiger partial charge in [0.05, 0.1) is 5.69 Å². The zero-order chi connectivity index (χ0) is 14.9. The molecule has 0 bridgehead atoms. The topological polar surface area (TPSA) is 55.1 Å². The van der Waals surface area contributed by atoms with Crippen molar-refractivity contribution in [3.05, 3.63) is 56.5 Å². The summed E-state index contributed by atoms with van der Waals surface area (Å²) in [5.74, 6) is -2.76. The summed E-state index contributed by atoms with van der Waals surface area (Å²) in [5, 5.41) is 2.42. The third kappa shape index (κ3) is 3.16. The zero-order valence-electron chi connectivity index (χ0n) is 9.88. The van der Waals surface area contributed by atoms with Gasteiger partial charge < -0.3 is 11.1 Å². The fourth-order valence-corrected chi connectivity index (χ4v) is 2.47. The number of rotatable bonds is 2. The van der Waals surface area contributed by atoms with E-state index in [0.717, 1.165) is 12.1 Å². The molecule has 0 fully saturated rings.